The zero-order chi connectivity index (χ0) is 26.9. The van der Waals surface area contributed by atoms with Crippen molar-refractivity contribution < 1.29 is 28.5 Å². The summed E-state index contributed by atoms with van der Waals surface area (Å²) in [7, 11) is 4.48. The van der Waals surface area contributed by atoms with Crippen molar-refractivity contribution in [1.29, 1.82) is 0 Å². The Labute approximate surface area is 221 Å². The summed E-state index contributed by atoms with van der Waals surface area (Å²) in [4.78, 5) is 12.7. The van der Waals surface area contributed by atoms with Crippen LogP contribution in [0.2, 0.25) is 0 Å². The summed E-state index contributed by atoms with van der Waals surface area (Å²) < 4.78 is 27.9. The number of nitrogens with one attached hydrogen (secondary N) is 1. The van der Waals surface area contributed by atoms with Crippen LogP contribution in [0, 0.1) is 0 Å². The fourth-order valence-corrected chi connectivity index (χ4v) is 4.01. The number of carbonyl (C=O) groups is 1. The molecule has 4 aromatic rings. The Morgan fingerprint density at radius 3 is 2.26 bits per heavy atom. The third-order valence-electron chi connectivity index (χ3n) is 5.84. The van der Waals surface area contributed by atoms with Crippen LogP contribution in [0.1, 0.15) is 28.4 Å². The van der Waals surface area contributed by atoms with Crippen LogP contribution in [0.5, 0.6) is 28.7 Å². The van der Waals surface area contributed by atoms with E-state index in [1.165, 1.54) is 32.9 Å². The van der Waals surface area contributed by atoms with Gasteiger partial charge in [0.25, 0.3) is 5.91 Å². The largest absolute Gasteiger partial charge is 0.493 e. The molecule has 0 aliphatic heterocycles. The summed E-state index contributed by atoms with van der Waals surface area (Å²) in [5, 5.41) is 6.41. The number of carbonyl (C=O) groups excluding carboxylic acids is 1. The van der Waals surface area contributed by atoms with Crippen molar-refractivity contribution in [3.05, 3.63) is 89.5 Å². The van der Waals surface area contributed by atoms with E-state index in [0.29, 0.717) is 47.5 Å². The first-order valence-electron chi connectivity index (χ1n) is 12.1. The standard InChI is InChI=1S/C30H30N2O6/c1-5-37-26-15-20(13-14-25(26)38-19-22-11-8-10-21-9-6-7-12-24(21)22)18-31-32-30(33)23-16-27(34-2)29(36-4)28(17-23)35-3/h6-18H,5,19H2,1-4H3,(H,32,33)/b31-18+. The molecular weight excluding hydrogens is 484 g/mol. The lowest BCUT2D eigenvalue weighted by Gasteiger charge is -2.14. The van der Waals surface area contributed by atoms with E-state index in [9.17, 15) is 4.79 Å². The summed E-state index contributed by atoms with van der Waals surface area (Å²) in [6.45, 7) is 2.79. The number of nitrogens with zero attached hydrogens (tertiary/aromatic N) is 1. The number of ether oxygens (including phenoxy) is 5. The minimum atomic E-state index is -0.430. The number of hydrogen-bond acceptors (Lipinski definition) is 7. The van der Waals surface area contributed by atoms with Crippen molar-refractivity contribution in [2.24, 2.45) is 5.10 Å². The van der Waals surface area contributed by atoms with E-state index in [1.54, 1.807) is 12.1 Å². The maximum absolute atomic E-state index is 12.7. The highest BCUT2D eigenvalue weighted by atomic mass is 16.5. The van der Waals surface area contributed by atoms with Crippen LogP contribution in [-0.2, 0) is 6.61 Å². The first kappa shape index (κ1) is 26.3. The minimum absolute atomic E-state index is 0.309. The number of hydrazone groups is 1. The lowest BCUT2D eigenvalue weighted by Crippen LogP contribution is -2.18. The lowest BCUT2D eigenvalue weighted by molar-refractivity contribution is 0.0954. The molecular formula is C30H30N2O6. The molecule has 8 nitrogen and oxygen atoms in total. The highest BCUT2D eigenvalue weighted by Crippen LogP contribution is 2.38. The Morgan fingerprint density at radius 2 is 1.55 bits per heavy atom. The zero-order valence-electron chi connectivity index (χ0n) is 21.8. The molecule has 1 N–H and O–H groups in total. The smallest absolute Gasteiger partial charge is 0.271 e. The molecule has 0 aromatic heterocycles. The molecule has 0 saturated carbocycles. The van der Waals surface area contributed by atoms with Crippen molar-refractivity contribution >= 4 is 22.9 Å². The molecule has 0 unspecified atom stereocenters. The molecule has 0 aliphatic carbocycles. The molecule has 4 rings (SSSR count). The van der Waals surface area contributed by atoms with Crippen molar-refractivity contribution in [1.82, 2.24) is 5.43 Å². The van der Waals surface area contributed by atoms with Crippen LogP contribution >= 0.6 is 0 Å². The Morgan fingerprint density at radius 1 is 0.816 bits per heavy atom. The predicted octanol–water partition coefficient (Wildman–Crippen LogP) is 5.61. The summed E-state index contributed by atoms with van der Waals surface area (Å²) in [6, 6.07) is 23.0. The first-order chi connectivity index (χ1) is 18.6. The SMILES string of the molecule is CCOc1cc(/C=N/NC(=O)c2cc(OC)c(OC)c(OC)c2)ccc1OCc1cccc2ccccc12. The molecule has 0 saturated heterocycles. The second-order valence-corrected chi connectivity index (χ2v) is 8.18. The van der Waals surface area contributed by atoms with Gasteiger partial charge in [0.15, 0.2) is 23.0 Å². The van der Waals surface area contributed by atoms with Gasteiger partial charge in [-0.05, 0) is 59.2 Å². The third-order valence-corrected chi connectivity index (χ3v) is 5.84. The maximum Gasteiger partial charge on any atom is 0.271 e. The Bertz CT molecular complexity index is 1420. The van der Waals surface area contributed by atoms with E-state index >= 15 is 0 Å². The summed E-state index contributed by atoms with van der Waals surface area (Å²) in [5.74, 6) is 1.94. The van der Waals surface area contributed by atoms with Crippen LogP contribution in [0.3, 0.4) is 0 Å². The second kappa shape index (κ2) is 12.5. The summed E-state index contributed by atoms with van der Waals surface area (Å²) in [5.41, 5.74) is 4.65. The average Bonchev–Trinajstić information content (AvgIpc) is 2.95. The molecule has 0 radical (unpaired) electrons. The van der Waals surface area contributed by atoms with E-state index in [2.05, 4.69) is 34.8 Å². The molecule has 1 amide bonds. The van der Waals surface area contributed by atoms with Gasteiger partial charge in [-0.25, -0.2) is 5.43 Å². The molecule has 8 heteroatoms. The predicted molar refractivity (Wildman–Crippen MR) is 147 cm³/mol. The van der Waals surface area contributed by atoms with Crippen molar-refractivity contribution in [2.75, 3.05) is 27.9 Å². The zero-order valence-corrected chi connectivity index (χ0v) is 21.8. The first-order valence-corrected chi connectivity index (χ1v) is 12.1. The maximum atomic E-state index is 12.7. The van der Waals surface area contributed by atoms with Crippen molar-refractivity contribution in [3.63, 3.8) is 0 Å². The number of rotatable bonds is 11. The highest BCUT2D eigenvalue weighted by molar-refractivity contribution is 5.96. The second-order valence-electron chi connectivity index (χ2n) is 8.18. The number of amides is 1. The Kier molecular flexibility index (Phi) is 8.66. The highest BCUT2D eigenvalue weighted by Gasteiger charge is 2.17. The van der Waals surface area contributed by atoms with Gasteiger partial charge in [-0.15, -0.1) is 0 Å². The number of methoxy groups -OCH3 is 3. The minimum Gasteiger partial charge on any atom is -0.493 e. The van der Waals surface area contributed by atoms with E-state index in [0.717, 1.165) is 16.5 Å². The van der Waals surface area contributed by atoms with E-state index in [4.69, 9.17) is 23.7 Å². The van der Waals surface area contributed by atoms with Crippen molar-refractivity contribution in [2.45, 2.75) is 13.5 Å². The normalized spacial score (nSPS) is 10.8. The molecule has 0 spiro atoms. The molecule has 0 bridgehead atoms. The molecule has 38 heavy (non-hydrogen) atoms. The van der Waals surface area contributed by atoms with Gasteiger partial charge < -0.3 is 23.7 Å². The molecule has 0 fully saturated rings. The van der Waals surface area contributed by atoms with E-state index < -0.39 is 5.91 Å². The molecule has 0 aliphatic rings. The van der Waals surface area contributed by atoms with Gasteiger partial charge in [-0.1, -0.05) is 42.5 Å². The number of hydrogen-bond donors (Lipinski definition) is 1. The molecule has 0 atom stereocenters. The van der Waals surface area contributed by atoms with Gasteiger partial charge >= 0.3 is 0 Å². The fourth-order valence-electron chi connectivity index (χ4n) is 4.01. The third kappa shape index (κ3) is 5.98. The van der Waals surface area contributed by atoms with Gasteiger partial charge in [0.1, 0.15) is 6.61 Å². The van der Waals surface area contributed by atoms with E-state index in [-0.39, 0.29) is 0 Å². The van der Waals surface area contributed by atoms with Gasteiger partial charge in [-0.3, -0.25) is 4.79 Å². The van der Waals surface area contributed by atoms with Crippen LogP contribution in [0.25, 0.3) is 10.8 Å². The summed E-state index contributed by atoms with van der Waals surface area (Å²) >= 11 is 0. The monoisotopic (exact) mass is 514 g/mol. The van der Waals surface area contributed by atoms with Crippen LogP contribution in [0.15, 0.2) is 77.9 Å². The van der Waals surface area contributed by atoms with Gasteiger partial charge in [-0.2, -0.15) is 5.10 Å². The molecule has 4 aromatic carbocycles. The van der Waals surface area contributed by atoms with Crippen LogP contribution in [-0.4, -0.2) is 40.1 Å². The van der Waals surface area contributed by atoms with Gasteiger partial charge in [0.05, 0.1) is 34.2 Å². The molecule has 196 valence electrons. The summed E-state index contributed by atoms with van der Waals surface area (Å²) in [6.07, 6.45) is 1.53. The fraction of sp³-hybridized carbons (Fsp3) is 0.200. The lowest BCUT2D eigenvalue weighted by atomic mass is 10.1. The van der Waals surface area contributed by atoms with Crippen LogP contribution < -0.4 is 29.1 Å². The Balaban J connectivity index is 1.46. The van der Waals surface area contributed by atoms with E-state index in [1.807, 2.05) is 43.3 Å². The van der Waals surface area contributed by atoms with Gasteiger partial charge in [0, 0.05) is 5.56 Å². The Hall–Kier alpha value is -4.72. The quantitative estimate of drug-likeness (QED) is 0.207. The average molecular weight is 515 g/mol. The van der Waals surface area contributed by atoms with Crippen molar-refractivity contribution in [3.8, 4) is 28.7 Å². The molecule has 0 heterocycles. The van der Waals surface area contributed by atoms with Crippen LogP contribution in [0.4, 0.5) is 0 Å². The number of fused-ring (bicyclic) bond motifs is 1. The number of benzene rings is 4. The topological polar surface area (TPSA) is 87.6 Å². The van der Waals surface area contributed by atoms with Gasteiger partial charge in [0.2, 0.25) is 5.75 Å².